The number of nitrogens with zero attached hydrogens (tertiary/aromatic N) is 8. The first-order valence-corrected chi connectivity index (χ1v) is 24.4. The minimum atomic E-state index is -4.01. The molecule has 18 nitrogen and oxygen atoms in total. The van der Waals surface area contributed by atoms with Crippen LogP contribution < -0.4 is 19.5 Å². The molecule has 0 bridgehead atoms. The van der Waals surface area contributed by atoms with Crippen molar-refractivity contribution >= 4 is 88.8 Å². The molecule has 8 aromatic carbocycles. The Morgan fingerprint density at radius 3 is 1.81 bits per heavy atom. The minimum Gasteiger partial charge on any atom is -0.508 e. The SMILES string of the molecule is COc1cc(C(=O)Nc2ccc3c(OCCCCS(=O)(=O)O)cccc3c2)ccc1N=Nc1cc(OC)c(N=Nc2cc(C)c(N=Nc3ccc4cc(/N=N/c5ccc(O)cc5)ccc4c3O)cc2C)cc1C. The van der Waals surface area contributed by atoms with E-state index in [4.69, 9.17) is 18.8 Å². The molecular formula is C54H49N9O9S. The van der Waals surface area contributed by atoms with E-state index in [0.29, 0.717) is 85.8 Å². The molecule has 8 aromatic rings. The van der Waals surface area contributed by atoms with Crippen LogP contribution in [0.5, 0.6) is 28.7 Å². The number of methoxy groups -OCH3 is 2. The lowest BCUT2D eigenvalue weighted by Gasteiger charge is -2.12. The molecule has 0 atom stereocenters. The third kappa shape index (κ3) is 12.7. The van der Waals surface area contributed by atoms with E-state index in [2.05, 4.69) is 46.2 Å². The average Bonchev–Trinajstić information content (AvgIpc) is 3.37. The first kappa shape index (κ1) is 50.4. The number of anilines is 1. The first-order chi connectivity index (χ1) is 35.1. The number of phenols is 2. The molecule has 19 heteroatoms. The lowest BCUT2D eigenvalue weighted by molar-refractivity contribution is 0.102. The van der Waals surface area contributed by atoms with E-state index >= 15 is 0 Å². The van der Waals surface area contributed by atoms with Gasteiger partial charge in [0, 0.05) is 28.1 Å². The number of ether oxygens (including phenoxy) is 3. The van der Waals surface area contributed by atoms with E-state index < -0.39 is 10.1 Å². The second-order valence-electron chi connectivity index (χ2n) is 16.8. The number of hydrogen-bond donors (Lipinski definition) is 4. The van der Waals surface area contributed by atoms with Gasteiger partial charge in [0.15, 0.2) is 5.75 Å². The highest BCUT2D eigenvalue weighted by Crippen LogP contribution is 2.41. The van der Waals surface area contributed by atoms with E-state index in [0.717, 1.165) is 32.8 Å². The fraction of sp³-hybridized carbons (Fsp3) is 0.167. The van der Waals surface area contributed by atoms with Crippen molar-refractivity contribution in [2.75, 3.05) is 31.9 Å². The predicted octanol–water partition coefficient (Wildman–Crippen LogP) is 15.3. The molecule has 4 N–H and O–H groups in total. The van der Waals surface area contributed by atoms with E-state index in [-0.39, 0.29) is 36.2 Å². The standard InChI is InChI=1S/C54H49N9O9S/c1-32-26-47(33(2)25-46(32)60-59-45-22-11-36-29-40(16-20-43(36)53(45)65)57-56-38-13-17-41(64)18-14-38)61-63-49-27-34(3)48(31-52(49)71-5)62-58-44-21-12-37(30-51(44)70-4)54(66)55-39-15-19-42-35(28-39)9-8-10-50(42)72-23-6-7-24-73(67,68)69/h8-22,25-31,64-65H,6-7,23-24H2,1-5H3,(H,55,66)(H,67,68,69)/b57-56+,60-59?,62-58?,63-61?. The van der Waals surface area contributed by atoms with E-state index in [1.54, 1.807) is 72.8 Å². The average molecular weight is 1000 g/mol. The van der Waals surface area contributed by atoms with Gasteiger partial charge in [0.05, 0.1) is 55.0 Å². The predicted molar refractivity (Wildman–Crippen MR) is 280 cm³/mol. The lowest BCUT2D eigenvalue weighted by Crippen LogP contribution is -2.11. The molecule has 370 valence electrons. The third-order valence-corrected chi connectivity index (χ3v) is 12.3. The number of amides is 1. The fourth-order valence-corrected chi connectivity index (χ4v) is 8.10. The van der Waals surface area contributed by atoms with Gasteiger partial charge < -0.3 is 29.7 Å². The molecular weight excluding hydrogens is 951 g/mol. The van der Waals surface area contributed by atoms with Crippen molar-refractivity contribution in [1.29, 1.82) is 0 Å². The summed E-state index contributed by atoms with van der Waals surface area (Å²) in [4.78, 5) is 13.4. The van der Waals surface area contributed by atoms with Gasteiger partial charge in [-0.25, -0.2) is 0 Å². The Balaban J connectivity index is 0.906. The molecule has 0 fully saturated rings. The highest BCUT2D eigenvalue weighted by molar-refractivity contribution is 7.85. The van der Waals surface area contributed by atoms with Crippen molar-refractivity contribution in [1.82, 2.24) is 0 Å². The van der Waals surface area contributed by atoms with Gasteiger partial charge in [0.2, 0.25) is 0 Å². The molecule has 1 amide bonds. The van der Waals surface area contributed by atoms with Crippen LogP contribution in [0.3, 0.4) is 0 Å². The van der Waals surface area contributed by atoms with Crippen molar-refractivity contribution in [3.8, 4) is 28.7 Å². The van der Waals surface area contributed by atoms with Crippen LogP contribution in [0.4, 0.5) is 51.2 Å². The fourth-order valence-electron chi connectivity index (χ4n) is 7.53. The molecule has 0 radical (unpaired) electrons. The van der Waals surface area contributed by atoms with Gasteiger partial charge in [-0.1, -0.05) is 18.2 Å². The van der Waals surface area contributed by atoms with Crippen LogP contribution in [-0.4, -0.2) is 55.7 Å². The molecule has 0 saturated carbocycles. The number of rotatable bonds is 18. The summed E-state index contributed by atoms with van der Waals surface area (Å²) >= 11 is 0. The second kappa shape index (κ2) is 22.4. The van der Waals surface area contributed by atoms with Crippen molar-refractivity contribution in [2.24, 2.45) is 40.9 Å². The molecule has 0 aromatic heterocycles. The Bertz CT molecular complexity index is 3620. The van der Waals surface area contributed by atoms with E-state index in [9.17, 15) is 23.4 Å². The number of carbonyl (C=O) groups excluding carboxylic acids is 1. The molecule has 8 rings (SSSR count). The third-order valence-electron chi connectivity index (χ3n) is 11.5. The van der Waals surface area contributed by atoms with E-state index in [1.807, 2.05) is 69.3 Å². The van der Waals surface area contributed by atoms with Crippen molar-refractivity contribution in [2.45, 2.75) is 33.6 Å². The molecule has 0 aliphatic heterocycles. The number of unbranched alkanes of at least 4 members (excludes halogenated alkanes) is 1. The molecule has 0 aliphatic rings. The number of fused-ring (bicyclic) bond motifs is 2. The van der Waals surface area contributed by atoms with Crippen LogP contribution in [0.1, 0.15) is 39.9 Å². The Labute approximate surface area is 420 Å². The summed E-state index contributed by atoms with van der Waals surface area (Å²) in [6.45, 7) is 5.92. The number of hydrogen-bond acceptors (Lipinski definition) is 16. The molecule has 0 aliphatic carbocycles. The maximum absolute atomic E-state index is 13.4. The van der Waals surface area contributed by atoms with Crippen molar-refractivity contribution < 1.29 is 42.2 Å². The minimum absolute atomic E-state index is 0.0200. The van der Waals surface area contributed by atoms with E-state index in [1.165, 1.54) is 26.4 Å². The molecule has 73 heavy (non-hydrogen) atoms. The number of aromatic hydroxyl groups is 2. The first-order valence-electron chi connectivity index (χ1n) is 22.8. The van der Waals surface area contributed by atoms with Gasteiger partial charge in [-0.15, -0.1) is 15.3 Å². The van der Waals surface area contributed by atoms with Crippen LogP contribution in [0.2, 0.25) is 0 Å². The highest BCUT2D eigenvalue weighted by Gasteiger charge is 2.15. The summed E-state index contributed by atoms with van der Waals surface area (Å²) in [5, 5.41) is 61.8. The normalized spacial score (nSPS) is 12.0. The Hall–Kier alpha value is -8.94. The molecule has 0 saturated heterocycles. The van der Waals surface area contributed by atoms with Gasteiger partial charge in [0.1, 0.15) is 40.1 Å². The molecule has 0 spiro atoms. The second-order valence-corrected chi connectivity index (χ2v) is 18.3. The van der Waals surface area contributed by atoms with Gasteiger partial charge in [-0.05, 0) is 170 Å². The maximum atomic E-state index is 13.4. The monoisotopic (exact) mass is 999 g/mol. The Kier molecular flexibility index (Phi) is 15.5. The van der Waals surface area contributed by atoms with Gasteiger partial charge in [0.25, 0.3) is 16.0 Å². The number of phenolic OH excluding ortho intramolecular Hbond substituents is 2. The zero-order valence-corrected chi connectivity index (χ0v) is 41.1. The summed E-state index contributed by atoms with van der Waals surface area (Å²) in [5.41, 5.74) is 7.28. The van der Waals surface area contributed by atoms with Crippen LogP contribution in [0.25, 0.3) is 21.5 Å². The van der Waals surface area contributed by atoms with Gasteiger partial charge in [-0.2, -0.15) is 34.0 Å². The topological polar surface area (TPSA) is 251 Å². The Morgan fingerprint density at radius 1 is 0.534 bits per heavy atom. The van der Waals surface area contributed by atoms with Crippen LogP contribution in [0, 0.1) is 20.8 Å². The summed E-state index contributed by atoms with van der Waals surface area (Å²) in [7, 11) is -1.01. The lowest BCUT2D eigenvalue weighted by atomic mass is 10.1. The number of benzene rings is 8. The van der Waals surface area contributed by atoms with Gasteiger partial charge in [-0.3, -0.25) is 9.35 Å². The highest BCUT2D eigenvalue weighted by atomic mass is 32.2. The van der Waals surface area contributed by atoms with Crippen molar-refractivity contribution in [3.63, 3.8) is 0 Å². The summed E-state index contributed by atoms with van der Waals surface area (Å²) < 4.78 is 48.1. The zero-order valence-electron chi connectivity index (χ0n) is 40.3. The molecule has 0 heterocycles. The van der Waals surface area contributed by atoms with Crippen molar-refractivity contribution in [3.05, 3.63) is 156 Å². The zero-order chi connectivity index (χ0) is 51.6. The summed E-state index contributed by atoms with van der Waals surface area (Å²) in [6.07, 6.45) is 0.727. The van der Waals surface area contributed by atoms with Crippen LogP contribution in [0.15, 0.2) is 174 Å². The van der Waals surface area contributed by atoms with Crippen LogP contribution >= 0.6 is 0 Å². The maximum Gasteiger partial charge on any atom is 0.264 e. The largest absolute Gasteiger partial charge is 0.508 e. The number of azo groups is 4. The number of aryl methyl sites for hydroxylation is 3. The quantitative estimate of drug-likeness (QED) is 0.0362. The van der Waals surface area contributed by atoms with Gasteiger partial charge >= 0.3 is 0 Å². The number of nitrogens with one attached hydrogen (secondary N) is 1. The summed E-state index contributed by atoms with van der Waals surface area (Å²) in [6, 6.07) is 38.2. The summed E-state index contributed by atoms with van der Waals surface area (Å²) in [5.74, 6) is 0.799. The van der Waals surface area contributed by atoms with Crippen LogP contribution in [-0.2, 0) is 10.1 Å². The Morgan fingerprint density at radius 2 is 1.11 bits per heavy atom. The smallest absolute Gasteiger partial charge is 0.264 e. The number of carbonyl (C=O) groups is 1. The molecule has 0 unspecified atom stereocenters.